The van der Waals surface area contributed by atoms with E-state index in [1.807, 2.05) is 0 Å². The third kappa shape index (κ3) is 59.9. The summed E-state index contributed by atoms with van der Waals surface area (Å²) in [6.45, 7) is 6.52. The Balaban J connectivity index is 4.27. The second-order valence-electron chi connectivity index (χ2n) is 21.3. The summed E-state index contributed by atoms with van der Waals surface area (Å²) < 4.78 is 16.9. The molecule has 0 fully saturated rings. The largest absolute Gasteiger partial charge is 0.462 e. The molecule has 0 N–H and O–H groups in total. The van der Waals surface area contributed by atoms with Crippen molar-refractivity contribution in [1.29, 1.82) is 0 Å². The van der Waals surface area contributed by atoms with Crippen LogP contribution in [0.4, 0.5) is 0 Å². The fourth-order valence-corrected chi connectivity index (χ4v) is 9.25. The summed E-state index contributed by atoms with van der Waals surface area (Å²) in [6, 6.07) is 0. The third-order valence-electron chi connectivity index (χ3n) is 14.0. The van der Waals surface area contributed by atoms with Crippen LogP contribution in [0.1, 0.15) is 329 Å². The summed E-state index contributed by atoms with van der Waals surface area (Å²) in [4.78, 5) is 38.3. The van der Waals surface area contributed by atoms with Gasteiger partial charge in [0.2, 0.25) is 0 Å². The summed E-state index contributed by atoms with van der Waals surface area (Å²) in [6.07, 6.45) is 78.1. The normalized spacial score (nSPS) is 12.4. The average molecular weight is 1020 g/mol. The molecule has 0 aliphatic rings. The Hall–Kier alpha value is -2.89. The van der Waals surface area contributed by atoms with Crippen molar-refractivity contribution in [3.05, 3.63) is 60.8 Å². The molecule has 0 heterocycles. The van der Waals surface area contributed by atoms with E-state index in [0.717, 1.165) is 116 Å². The second kappa shape index (κ2) is 61.7. The third-order valence-corrected chi connectivity index (χ3v) is 14.0. The fraction of sp³-hybridized carbons (Fsp3) is 0.806. The van der Waals surface area contributed by atoms with Crippen molar-refractivity contribution in [3.8, 4) is 0 Å². The van der Waals surface area contributed by atoms with Crippen LogP contribution in [0, 0.1) is 0 Å². The number of esters is 3. The molecule has 6 nitrogen and oxygen atoms in total. The van der Waals surface area contributed by atoms with Crippen molar-refractivity contribution in [3.63, 3.8) is 0 Å². The maximum absolute atomic E-state index is 12.9. The van der Waals surface area contributed by atoms with E-state index < -0.39 is 6.10 Å². The minimum Gasteiger partial charge on any atom is -0.462 e. The number of allylic oxidation sites excluding steroid dienone is 10. The van der Waals surface area contributed by atoms with Gasteiger partial charge in [-0.15, -0.1) is 0 Å². The van der Waals surface area contributed by atoms with Crippen molar-refractivity contribution in [2.45, 2.75) is 335 Å². The van der Waals surface area contributed by atoms with Crippen LogP contribution < -0.4 is 0 Å². The number of rotatable bonds is 58. The van der Waals surface area contributed by atoms with Crippen molar-refractivity contribution >= 4 is 17.9 Å². The molecule has 0 spiro atoms. The van der Waals surface area contributed by atoms with Crippen LogP contribution in [0.5, 0.6) is 0 Å². The van der Waals surface area contributed by atoms with Gasteiger partial charge >= 0.3 is 17.9 Å². The highest BCUT2D eigenvalue weighted by Gasteiger charge is 2.19. The van der Waals surface area contributed by atoms with Crippen molar-refractivity contribution in [1.82, 2.24) is 0 Å². The fourth-order valence-electron chi connectivity index (χ4n) is 9.25. The van der Waals surface area contributed by atoms with E-state index >= 15 is 0 Å². The molecule has 73 heavy (non-hydrogen) atoms. The molecule has 0 rings (SSSR count). The molecule has 0 saturated carbocycles. The smallest absolute Gasteiger partial charge is 0.306 e. The lowest BCUT2D eigenvalue weighted by Crippen LogP contribution is -2.30. The Morgan fingerprint density at radius 1 is 0.288 bits per heavy atom. The number of ether oxygens (including phenoxy) is 3. The van der Waals surface area contributed by atoms with Crippen LogP contribution in [0.2, 0.25) is 0 Å². The first-order chi connectivity index (χ1) is 36.0. The maximum atomic E-state index is 12.9. The first-order valence-corrected chi connectivity index (χ1v) is 31.8. The highest BCUT2D eigenvalue weighted by molar-refractivity contribution is 5.71. The van der Waals surface area contributed by atoms with Crippen LogP contribution in [0.15, 0.2) is 60.8 Å². The van der Waals surface area contributed by atoms with Gasteiger partial charge in [-0.3, -0.25) is 14.4 Å². The summed E-state index contributed by atoms with van der Waals surface area (Å²) in [5, 5.41) is 0. The molecule has 0 saturated heterocycles. The van der Waals surface area contributed by atoms with E-state index in [1.165, 1.54) is 173 Å². The summed E-state index contributed by atoms with van der Waals surface area (Å²) in [5.74, 6) is -0.899. The zero-order valence-electron chi connectivity index (χ0n) is 48.7. The molecular formula is C67H120O6. The van der Waals surface area contributed by atoms with Gasteiger partial charge in [-0.25, -0.2) is 0 Å². The number of carbonyl (C=O) groups is 3. The van der Waals surface area contributed by atoms with E-state index in [-0.39, 0.29) is 31.1 Å². The highest BCUT2D eigenvalue weighted by Crippen LogP contribution is 2.17. The van der Waals surface area contributed by atoms with E-state index in [9.17, 15) is 14.4 Å². The Labute approximate surface area is 453 Å². The monoisotopic (exact) mass is 1020 g/mol. The molecule has 0 aliphatic heterocycles. The van der Waals surface area contributed by atoms with Gasteiger partial charge in [0.05, 0.1) is 0 Å². The van der Waals surface area contributed by atoms with Crippen molar-refractivity contribution < 1.29 is 28.6 Å². The van der Waals surface area contributed by atoms with Crippen LogP contribution >= 0.6 is 0 Å². The lowest BCUT2D eigenvalue weighted by atomic mass is 10.0. The van der Waals surface area contributed by atoms with Gasteiger partial charge in [-0.05, 0) is 83.5 Å². The van der Waals surface area contributed by atoms with Crippen LogP contribution in [-0.4, -0.2) is 37.2 Å². The van der Waals surface area contributed by atoms with Crippen LogP contribution in [0.25, 0.3) is 0 Å². The topological polar surface area (TPSA) is 78.9 Å². The second-order valence-corrected chi connectivity index (χ2v) is 21.3. The molecule has 1 unspecified atom stereocenters. The quantitative estimate of drug-likeness (QED) is 0.0261. The maximum Gasteiger partial charge on any atom is 0.306 e. The molecule has 0 aliphatic carbocycles. The highest BCUT2D eigenvalue weighted by atomic mass is 16.6. The molecule has 0 aromatic rings. The Morgan fingerprint density at radius 2 is 0.534 bits per heavy atom. The molecule has 1 atom stereocenters. The van der Waals surface area contributed by atoms with Gasteiger partial charge in [0.25, 0.3) is 0 Å². The predicted octanol–water partition coefficient (Wildman–Crippen LogP) is 21.6. The van der Waals surface area contributed by atoms with Gasteiger partial charge in [-0.2, -0.15) is 0 Å². The molecule has 0 aromatic carbocycles. The number of carbonyl (C=O) groups excluding carboxylic acids is 3. The molecular weight excluding hydrogens is 901 g/mol. The number of hydrogen-bond acceptors (Lipinski definition) is 6. The Kier molecular flexibility index (Phi) is 59.2. The average Bonchev–Trinajstić information content (AvgIpc) is 3.39. The van der Waals surface area contributed by atoms with Gasteiger partial charge in [0.1, 0.15) is 13.2 Å². The Morgan fingerprint density at radius 3 is 0.863 bits per heavy atom. The number of unbranched alkanes of at least 4 members (excludes halogenated alkanes) is 37. The zero-order chi connectivity index (χ0) is 52.9. The van der Waals surface area contributed by atoms with Gasteiger partial charge in [0, 0.05) is 19.3 Å². The van der Waals surface area contributed by atoms with E-state index in [2.05, 4.69) is 81.5 Å². The van der Waals surface area contributed by atoms with Crippen LogP contribution in [-0.2, 0) is 28.6 Å². The van der Waals surface area contributed by atoms with E-state index in [0.29, 0.717) is 19.3 Å². The van der Waals surface area contributed by atoms with Gasteiger partial charge in [-0.1, -0.05) is 287 Å². The molecule has 0 bridgehead atoms. The molecule has 6 heteroatoms. The van der Waals surface area contributed by atoms with Crippen molar-refractivity contribution in [2.75, 3.05) is 13.2 Å². The summed E-state index contributed by atoms with van der Waals surface area (Å²) >= 11 is 0. The minimum atomic E-state index is -0.788. The lowest BCUT2D eigenvalue weighted by molar-refractivity contribution is -0.167. The molecule has 0 aromatic heterocycles. The molecule has 424 valence electrons. The van der Waals surface area contributed by atoms with E-state index in [1.54, 1.807) is 0 Å². The van der Waals surface area contributed by atoms with Gasteiger partial charge in [0.15, 0.2) is 6.10 Å². The zero-order valence-corrected chi connectivity index (χ0v) is 48.7. The number of hydrogen-bond donors (Lipinski definition) is 0. The Bertz CT molecular complexity index is 1310. The molecule has 0 radical (unpaired) electrons. The minimum absolute atomic E-state index is 0.0831. The first-order valence-electron chi connectivity index (χ1n) is 31.8. The lowest BCUT2D eigenvalue weighted by Gasteiger charge is -2.18. The predicted molar refractivity (Wildman–Crippen MR) is 316 cm³/mol. The van der Waals surface area contributed by atoms with Crippen LogP contribution in [0.3, 0.4) is 0 Å². The van der Waals surface area contributed by atoms with E-state index in [4.69, 9.17) is 14.2 Å². The SMILES string of the molecule is CC/C=C\C/C=C\C/C=C\CCCCCCCC(=O)OC(COC(=O)CCCCCCC/C=C\C/C=C\CCCCC)COC(=O)CCCCCCCCCCCCCCCCCCCCCCCCCCC. The summed E-state index contributed by atoms with van der Waals surface area (Å²) in [5.41, 5.74) is 0. The molecule has 0 amide bonds. The summed E-state index contributed by atoms with van der Waals surface area (Å²) in [7, 11) is 0. The van der Waals surface area contributed by atoms with Gasteiger partial charge < -0.3 is 14.2 Å². The first kappa shape index (κ1) is 70.1. The standard InChI is InChI=1S/C67H120O6/c1-4-7-10-13-16-19-22-25-28-29-30-31-32-33-34-35-36-37-40-42-45-48-51-54-57-60-66(69)72-63-64(73-67(70)61-58-55-52-49-46-43-39-27-24-21-18-15-12-9-6-3)62-71-65(68)59-56-53-50-47-44-41-38-26-23-20-17-14-11-8-5-2/h9,12,17-18,20-21,26-27,38-39,64H,4-8,10-11,13-16,19,22-25,28-37,40-63H2,1-3H3/b12-9-,20-17-,21-18-,38-26-,39-27-. The van der Waals surface area contributed by atoms with Crippen molar-refractivity contribution in [2.24, 2.45) is 0 Å².